The van der Waals surface area contributed by atoms with E-state index < -0.39 is 24.4 Å². The molecule has 2 amide bonds. The van der Waals surface area contributed by atoms with Crippen molar-refractivity contribution in [2.75, 3.05) is 30.5 Å². The predicted octanol–water partition coefficient (Wildman–Crippen LogP) is 3.50. The Morgan fingerprint density at radius 2 is 1.87 bits per heavy atom. The number of ether oxygens (including phenoxy) is 2. The van der Waals surface area contributed by atoms with Gasteiger partial charge in [0.05, 0.1) is 18.7 Å². The van der Waals surface area contributed by atoms with E-state index in [0.29, 0.717) is 16.5 Å². The highest BCUT2D eigenvalue weighted by atomic mass is 35.5. The highest BCUT2D eigenvalue weighted by Gasteiger charge is 2.36. The van der Waals surface area contributed by atoms with Crippen LogP contribution in [0, 0.1) is 19.8 Å². The third kappa shape index (κ3) is 5.10. The van der Waals surface area contributed by atoms with Gasteiger partial charge in [-0.2, -0.15) is 0 Å². The van der Waals surface area contributed by atoms with E-state index >= 15 is 0 Å². The van der Waals surface area contributed by atoms with Crippen LogP contribution >= 0.6 is 11.6 Å². The second-order valence-electron chi connectivity index (χ2n) is 7.25. The van der Waals surface area contributed by atoms with Crippen molar-refractivity contribution in [1.82, 2.24) is 0 Å². The predicted molar refractivity (Wildman–Crippen MR) is 114 cm³/mol. The normalized spacial score (nSPS) is 15.8. The van der Waals surface area contributed by atoms with Crippen molar-refractivity contribution in [3.8, 4) is 5.75 Å². The molecule has 7 nitrogen and oxygen atoms in total. The summed E-state index contributed by atoms with van der Waals surface area (Å²) in [6, 6.07) is 10.6. The van der Waals surface area contributed by atoms with E-state index in [2.05, 4.69) is 5.32 Å². The first-order chi connectivity index (χ1) is 14.3. The lowest BCUT2D eigenvalue weighted by Gasteiger charge is -2.18. The first kappa shape index (κ1) is 21.6. The minimum atomic E-state index is -0.619. The average Bonchev–Trinajstić information content (AvgIpc) is 3.07. The molecule has 158 valence electrons. The molecule has 0 bridgehead atoms. The molecule has 0 aliphatic carbocycles. The van der Waals surface area contributed by atoms with Crippen molar-refractivity contribution in [2.45, 2.75) is 20.3 Å². The Hall–Kier alpha value is -3.06. The lowest BCUT2D eigenvalue weighted by molar-refractivity contribution is -0.151. The van der Waals surface area contributed by atoms with Crippen molar-refractivity contribution in [3.63, 3.8) is 0 Å². The van der Waals surface area contributed by atoms with E-state index in [1.807, 2.05) is 32.0 Å². The van der Waals surface area contributed by atoms with Crippen LogP contribution < -0.4 is 15.0 Å². The van der Waals surface area contributed by atoms with Gasteiger partial charge in [0.25, 0.3) is 5.91 Å². The standard InChI is InChI=1S/C22H23ClN2O5/c1-13-6-14(2)8-17(7-13)25-11-15(9-21(25)27)22(28)30-12-20(26)24-18-10-16(23)4-5-19(18)29-3/h4-8,10,15H,9,11-12H2,1-3H3,(H,24,26). The number of nitrogens with one attached hydrogen (secondary N) is 1. The van der Waals surface area contributed by atoms with E-state index in [9.17, 15) is 14.4 Å². The molecule has 2 aromatic carbocycles. The lowest BCUT2D eigenvalue weighted by Crippen LogP contribution is -2.28. The molecular weight excluding hydrogens is 408 g/mol. The largest absolute Gasteiger partial charge is 0.495 e. The fraction of sp³-hybridized carbons (Fsp3) is 0.318. The highest BCUT2D eigenvalue weighted by molar-refractivity contribution is 6.31. The zero-order valence-corrected chi connectivity index (χ0v) is 17.8. The van der Waals surface area contributed by atoms with E-state index in [4.69, 9.17) is 21.1 Å². The summed E-state index contributed by atoms with van der Waals surface area (Å²) in [6.07, 6.45) is 0.0511. The summed E-state index contributed by atoms with van der Waals surface area (Å²) in [5.74, 6) is -1.44. The Bertz CT molecular complexity index is 971. The maximum atomic E-state index is 12.4. The van der Waals surface area contributed by atoms with Gasteiger partial charge >= 0.3 is 5.97 Å². The van der Waals surface area contributed by atoms with Gasteiger partial charge in [0.1, 0.15) is 5.75 Å². The first-order valence-corrected chi connectivity index (χ1v) is 9.83. The third-order valence-corrected chi connectivity index (χ3v) is 4.99. The van der Waals surface area contributed by atoms with Gasteiger partial charge in [0, 0.05) is 23.7 Å². The monoisotopic (exact) mass is 430 g/mol. The number of amides is 2. The van der Waals surface area contributed by atoms with Gasteiger partial charge in [0.2, 0.25) is 5.91 Å². The van der Waals surface area contributed by atoms with Crippen LogP contribution in [-0.2, 0) is 19.1 Å². The summed E-state index contributed by atoms with van der Waals surface area (Å²) >= 11 is 5.94. The van der Waals surface area contributed by atoms with E-state index in [0.717, 1.165) is 16.8 Å². The maximum Gasteiger partial charge on any atom is 0.311 e. The number of anilines is 2. The van der Waals surface area contributed by atoms with Gasteiger partial charge in [0.15, 0.2) is 6.61 Å². The number of aryl methyl sites for hydroxylation is 2. The number of esters is 1. The number of hydrogen-bond donors (Lipinski definition) is 1. The smallest absolute Gasteiger partial charge is 0.311 e. The minimum Gasteiger partial charge on any atom is -0.495 e. The molecule has 2 aromatic rings. The van der Waals surface area contributed by atoms with Crippen LogP contribution in [-0.4, -0.2) is 38.0 Å². The van der Waals surface area contributed by atoms with Crippen LogP contribution in [0.15, 0.2) is 36.4 Å². The molecule has 1 heterocycles. The molecule has 1 fully saturated rings. The number of carbonyl (C=O) groups is 3. The van der Waals surface area contributed by atoms with Gasteiger partial charge in [-0.05, 0) is 55.3 Å². The van der Waals surface area contributed by atoms with Crippen LogP contribution in [0.5, 0.6) is 5.75 Å². The lowest BCUT2D eigenvalue weighted by atomic mass is 10.1. The summed E-state index contributed by atoms with van der Waals surface area (Å²) in [5, 5.41) is 3.03. The molecule has 1 N–H and O–H groups in total. The Balaban J connectivity index is 1.57. The van der Waals surface area contributed by atoms with Crippen molar-refractivity contribution >= 4 is 40.8 Å². The second-order valence-corrected chi connectivity index (χ2v) is 7.69. The topological polar surface area (TPSA) is 84.9 Å². The maximum absolute atomic E-state index is 12.4. The molecule has 1 aliphatic rings. The number of methoxy groups -OCH3 is 1. The van der Waals surface area contributed by atoms with Gasteiger partial charge in [-0.25, -0.2) is 0 Å². The van der Waals surface area contributed by atoms with Crippen LogP contribution in [0.25, 0.3) is 0 Å². The zero-order chi connectivity index (χ0) is 21.8. The van der Waals surface area contributed by atoms with Crippen LogP contribution in [0.2, 0.25) is 5.02 Å². The molecule has 1 aliphatic heterocycles. The van der Waals surface area contributed by atoms with Gasteiger partial charge < -0.3 is 19.7 Å². The molecular formula is C22H23ClN2O5. The van der Waals surface area contributed by atoms with Crippen molar-refractivity contribution in [3.05, 3.63) is 52.5 Å². The molecule has 1 unspecified atom stereocenters. The molecule has 0 saturated carbocycles. The number of halogens is 1. The molecule has 0 spiro atoms. The number of nitrogens with zero attached hydrogens (tertiary/aromatic N) is 1. The fourth-order valence-electron chi connectivity index (χ4n) is 3.44. The second kappa shape index (κ2) is 9.17. The first-order valence-electron chi connectivity index (χ1n) is 9.45. The van der Waals surface area contributed by atoms with Gasteiger partial charge in [-0.15, -0.1) is 0 Å². The Morgan fingerprint density at radius 1 is 1.17 bits per heavy atom. The number of benzene rings is 2. The number of rotatable bonds is 6. The quantitative estimate of drug-likeness (QED) is 0.709. The summed E-state index contributed by atoms with van der Waals surface area (Å²) in [4.78, 5) is 38.6. The molecule has 1 atom stereocenters. The summed E-state index contributed by atoms with van der Waals surface area (Å²) in [6.45, 7) is 3.67. The van der Waals surface area contributed by atoms with E-state index in [1.165, 1.54) is 13.2 Å². The highest BCUT2D eigenvalue weighted by Crippen LogP contribution is 2.29. The minimum absolute atomic E-state index is 0.0511. The molecule has 0 radical (unpaired) electrons. The van der Waals surface area contributed by atoms with Crippen LogP contribution in [0.1, 0.15) is 17.5 Å². The SMILES string of the molecule is COc1ccc(Cl)cc1NC(=O)COC(=O)C1CC(=O)N(c2cc(C)cc(C)c2)C1. The fourth-order valence-corrected chi connectivity index (χ4v) is 3.61. The van der Waals surface area contributed by atoms with Crippen LogP contribution in [0.3, 0.4) is 0 Å². The van der Waals surface area contributed by atoms with Crippen molar-refractivity contribution < 1.29 is 23.9 Å². The van der Waals surface area contributed by atoms with E-state index in [1.54, 1.807) is 17.0 Å². The summed E-state index contributed by atoms with van der Waals surface area (Å²) in [5.41, 5.74) is 3.22. The van der Waals surface area contributed by atoms with E-state index in [-0.39, 0.29) is 18.9 Å². The Morgan fingerprint density at radius 3 is 2.53 bits per heavy atom. The van der Waals surface area contributed by atoms with Crippen molar-refractivity contribution in [2.24, 2.45) is 5.92 Å². The molecule has 3 rings (SSSR count). The Labute approximate surface area is 179 Å². The molecule has 0 aromatic heterocycles. The molecule has 30 heavy (non-hydrogen) atoms. The molecule has 1 saturated heterocycles. The zero-order valence-electron chi connectivity index (χ0n) is 17.0. The number of hydrogen-bond acceptors (Lipinski definition) is 5. The average molecular weight is 431 g/mol. The Kier molecular flexibility index (Phi) is 6.62. The molecule has 8 heteroatoms. The van der Waals surface area contributed by atoms with Gasteiger partial charge in [-0.1, -0.05) is 17.7 Å². The van der Waals surface area contributed by atoms with Crippen LogP contribution in [0.4, 0.5) is 11.4 Å². The number of carbonyl (C=O) groups excluding carboxylic acids is 3. The third-order valence-electron chi connectivity index (χ3n) is 4.76. The van der Waals surface area contributed by atoms with Gasteiger partial charge in [-0.3, -0.25) is 14.4 Å². The summed E-state index contributed by atoms with van der Waals surface area (Å²) in [7, 11) is 1.47. The summed E-state index contributed by atoms with van der Waals surface area (Å²) < 4.78 is 10.3. The van der Waals surface area contributed by atoms with Crippen molar-refractivity contribution in [1.29, 1.82) is 0 Å².